The molecule has 0 spiro atoms. The van der Waals surface area contributed by atoms with E-state index in [-0.39, 0.29) is 35.9 Å². The second-order valence-corrected chi connectivity index (χ2v) is 12.3. The summed E-state index contributed by atoms with van der Waals surface area (Å²) in [5.74, 6) is -1.28. The van der Waals surface area contributed by atoms with E-state index in [2.05, 4.69) is 10.2 Å². The van der Waals surface area contributed by atoms with E-state index in [9.17, 15) is 23.2 Å². The molecule has 2 aliphatic rings. The number of carbonyl (C=O) groups excluding carboxylic acids is 3. The van der Waals surface area contributed by atoms with Crippen molar-refractivity contribution in [3.63, 3.8) is 0 Å². The Morgan fingerprint density at radius 1 is 0.773 bits per heavy atom. The first-order valence-corrected chi connectivity index (χ1v) is 14.8. The van der Waals surface area contributed by atoms with Crippen molar-refractivity contribution in [1.29, 1.82) is 0 Å². The number of alkyl carbamates (subject to hydrolysis) is 1. The van der Waals surface area contributed by atoms with E-state index in [4.69, 9.17) is 4.74 Å². The Hall–Kier alpha value is -4.31. The van der Waals surface area contributed by atoms with Gasteiger partial charge >= 0.3 is 6.09 Å². The fourth-order valence-electron chi connectivity index (χ4n) is 5.80. The van der Waals surface area contributed by atoms with Gasteiger partial charge in [0.1, 0.15) is 23.3 Å². The molecular formula is C34H38F2N4O4. The van der Waals surface area contributed by atoms with Crippen LogP contribution in [0, 0.1) is 11.6 Å². The van der Waals surface area contributed by atoms with Crippen LogP contribution < -0.4 is 5.32 Å². The Bertz CT molecular complexity index is 1410. The highest BCUT2D eigenvalue weighted by Crippen LogP contribution is 2.30. The van der Waals surface area contributed by atoms with Gasteiger partial charge in [0, 0.05) is 39.3 Å². The van der Waals surface area contributed by atoms with Crippen LogP contribution in [0.5, 0.6) is 0 Å². The van der Waals surface area contributed by atoms with Gasteiger partial charge < -0.3 is 19.9 Å². The van der Waals surface area contributed by atoms with Crippen molar-refractivity contribution in [2.24, 2.45) is 0 Å². The minimum Gasteiger partial charge on any atom is -0.444 e. The summed E-state index contributed by atoms with van der Waals surface area (Å²) in [6.07, 6.45) is -0.962. The predicted molar refractivity (Wildman–Crippen MR) is 161 cm³/mol. The molecule has 2 aliphatic heterocycles. The van der Waals surface area contributed by atoms with Crippen LogP contribution in [-0.4, -0.2) is 70.4 Å². The number of amides is 3. The van der Waals surface area contributed by atoms with Crippen molar-refractivity contribution in [2.75, 3.05) is 26.2 Å². The number of rotatable bonds is 7. The molecule has 1 fully saturated rings. The molecule has 2 heterocycles. The average molecular weight is 605 g/mol. The minimum absolute atomic E-state index is 0.204. The van der Waals surface area contributed by atoms with Crippen LogP contribution in [0.2, 0.25) is 0 Å². The van der Waals surface area contributed by atoms with Crippen molar-refractivity contribution in [1.82, 2.24) is 20.0 Å². The first kappa shape index (κ1) is 31.1. The van der Waals surface area contributed by atoms with Gasteiger partial charge in [-0.1, -0.05) is 48.5 Å². The SMILES string of the molecule is CC(C)(C)OC(=O)N[C@@H](CC(=O)N1CCN(C(c2ccc(F)cc2)c2ccc(F)cc2)CC1)C(=O)N1Cc2ccccc2C1. The zero-order valence-corrected chi connectivity index (χ0v) is 25.3. The van der Waals surface area contributed by atoms with E-state index in [0.29, 0.717) is 39.3 Å². The highest BCUT2D eigenvalue weighted by Gasteiger charge is 2.35. The number of carbonyl (C=O) groups is 3. The van der Waals surface area contributed by atoms with Gasteiger partial charge in [-0.05, 0) is 67.3 Å². The monoisotopic (exact) mass is 604 g/mol. The van der Waals surface area contributed by atoms with Crippen LogP contribution in [0.1, 0.15) is 55.5 Å². The highest BCUT2D eigenvalue weighted by atomic mass is 19.1. The molecule has 1 atom stereocenters. The molecule has 0 aromatic heterocycles. The minimum atomic E-state index is -1.09. The third-order valence-corrected chi connectivity index (χ3v) is 7.92. The van der Waals surface area contributed by atoms with Crippen LogP contribution in [-0.2, 0) is 27.4 Å². The molecule has 0 bridgehead atoms. The van der Waals surface area contributed by atoms with E-state index in [1.165, 1.54) is 24.3 Å². The molecule has 0 aliphatic carbocycles. The summed E-state index contributed by atoms with van der Waals surface area (Å²) >= 11 is 0. The zero-order chi connectivity index (χ0) is 31.4. The molecule has 3 amide bonds. The molecule has 3 aromatic rings. The number of piperazine rings is 1. The average Bonchev–Trinajstić information content (AvgIpc) is 3.42. The van der Waals surface area contributed by atoms with Gasteiger partial charge in [-0.2, -0.15) is 0 Å². The number of nitrogens with zero attached hydrogens (tertiary/aromatic N) is 3. The molecule has 10 heteroatoms. The van der Waals surface area contributed by atoms with E-state index in [1.807, 2.05) is 24.3 Å². The molecule has 1 N–H and O–H groups in total. The first-order chi connectivity index (χ1) is 21.0. The number of benzene rings is 3. The Labute approximate surface area is 256 Å². The summed E-state index contributed by atoms with van der Waals surface area (Å²) in [5, 5.41) is 2.65. The summed E-state index contributed by atoms with van der Waals surface area (Å²) in [6.45, 7) is 7.80. The van der Waals surface area contributed by atoms with Gasteiger partial charge in [0.15, 0.2) is 0 Å². The smallest absolute Gasteiger partial charge is 0.408 e. The van der Waals surface area contributed by atoms with Gasteiger partial charge in [0.05, 0.1) is 12.5 Å². The first-order valence-electron chi connectivity index (χ1n) is 14.8. The number of nitrogens with one attached hydrogen (secondary N) is 1. The zero-order valence-electron chi connectivity index (χ0n) is 25.3. The Morgan fingerprint density at radius 3 is 1.75 bits per heavy atom. The standard InChI is InChI=1S/C34H38F2N4O4/c1-34(2,3)44-33(43)37-29(32(42)40-21-25-6-4-5-7-26(25)22-40)20-30(41)38-16-18-39(19-17-38)31(23-8-12-27(35)13-9-23)24-10-14-28(36)15-11-24/h4-15,29,31H,16-22H2,1-3H3,(H,37,43)/t29-/m0/s1. The van der Waals surface area contributed by atoms with E-state index < -0.39 is 17.7 Å². The fourth-order valence-corrected chi connectivity index (χ4v) is 5.80. The summed E-state index contributed by atoms with van der Waals surface area (Å²) in [6, 6.07) is 18.9. The molecule has 0 saturated carbocycles. The predicted octanol–water partition coefficient (Wildman–Crippen LogP) is 5.02. The molecule has 3 aromatic carbocycles. The van der Waals surface area contributed by atoms with Gasteiger partial charge in [-0.25, -0.2) is 13.6 Å². The number of ether oxygens (including phenoxy) is 1. The largest absolute Gasteiger partial charge is 0.444 e. The van der Waals surface area contributed by atoms with Gasteiger partial charge in [0.2, 0.25) is 11.8 Å². The van der Waals surface area contributed by atoms with Crippen LogP contribution in [0.3, 0.4) is 0 Å². The van der Waals surface area contributed by atoms with Crippen molar-refractivity contribution >= 4 is 17.9 Å². The lowest BCUT2D eigenvalue weighted by Crippen LogP contribution is -2.53. The summed E-state index contributed by atoms with van der Waals surface area (Å²) < 4.78 is 32.8. The third kappa shape index (κ3) is 7.60. The number of fused-ring (bicyclic) bond motifs is 1. The van der Waals surface area contributed by atoms with Crippen molar-refractivity contribution in [3.05, 3.63) is 107 Å². The number of hydrogen-bond donors (Lipinski definition) is 1. The number of hydrogen-bond acceptors (Lipinski definition) is 5. The van der Waals surface area contributed by atoms with Crippen LogP contribution in [0.4, 0.5) is 13.6 Å². The molecule has 1 saturated heterocycles. The quantitative estimate of drug-likeness (QED) is 0.410. The second-order valence-electron chi connectivity index (χ2n) is 12.3. The van der Waals surface area contributed by atoms with Crippen molar-refractivity contribution < 1.29 is 27.9 Å². The molecule has 0 radical (unpaired) electrons. The lowest BCUT2D eigenvalue weighted by molar-refractivity contribution is -0.140. The highest BCUT2D eigenvalue weighted by molar-refractivity contribution is 5.91. The Morgan fingerprint density at radius 2 is 1.27 bits per heavy atom. The maximum absolute atomic E-state index is 13.7. The number of halogens is 2. The molecule has 5 rings (SSSR count). The Kier molecular flexibility index (Phi) is 9.29. The van der Waals surface area contributed by atoms with Crippen LogP contribution in [0.15, 0.2) is 72.8 Å². The molecule has 232 valence electrons. The summed E-state index contributed by atoms with van der Waals surface area (Å²) in [7, 11) is 0. The van der Waals surface area contributed by atoms with Crippen molar-refractivity contribution in [2.45, 2.75) is 58.0 Å². The third-order valence-electron chi connectivity index (χ3n) is 7.92. The van der Waals surface area contributed by atoms with Gasteiger partial charge in [-0.3, -0.25) is 14.5 Å². The lowest BCUT2D eigenvalue weighted by atomic mass is 9.96. The van der Waals surface area contributed by atoms with E-state index >= 15 is 0 Å². The topological polar surface area (TPSA) is 82.2 Å². The van der Waals surface area contributed by atoms with E-state index in [0.717, 1.165) is 22.3 Å². The van der Waals surface area contributed by atoms with Gasteiger partial charge in [0.25, 0.3) is 0 Å². The summed E-state index contributed by atoms with van der Waals surface area (Å²) in [5.41, 5.74) is 3.02. The van der Waals surface area contributed by atoms with Crippen LogP contribution >= 0.6 is 0 Å². The van der Waals surface area contributed by atoms with Crippen molar-refractivity contribution in [3.8, 4) is 0 Å². The normalized spacial score (nSPS) is 16.0. The molecule has 44 heavy (non-hydrogen) atoms. The van der Waals surface area contributed by atoms with E-state index in [1.54, 1.807) is 54.8 Å². The van der Waals surface area contributed by atoms with Gasteiger partial charge in [-0.15, -0.1) is 0 Å². The Balaban J connectivity index is 1.27. The maximum Gasteiger partial charge on any atom is 0.408 e. The molecule has 0 unspecified atom stereocenters. The maximum atomic E-state index is 13.7. The summed E-state index contributed by atoms with van der Waals surface area (Å²) in [4.78, 5) is 45.5. The lowest BCUT2D eigenvalue weighted by Gasteiger charge is -2.40. The molecular weight excluding hydrogens is 566 g/mol. The fraction of sp³-hybridized carbons (Fsp3) is 0.382. The molecule has 8 nitrogen and oxygen atoms in total. The second kappa shape index (κ2) is 13.1. The van der Waals surface area contributed by atoms with Crippen LogP contribution in [0.25, 0.3) is 0 Å².